The molecular formula is C16H18N2O3S. The van der Waals surface area contributed by atoms with Crippen LogP contribution >= 0.6 is 0 Å². The summed E-state index contributed by atoms with van der Waals surface area (Å²) < 4.78 is 21.1. The van der Waals surface area contributed by atoms with Crippen LogP contribution in [-0.4, -0.2) is 27.7 Å². The van der Waals surface area contributed by atoms with Crippen molar-refractivity contribution in [1.82, 2.24) is 4.98 Å². The summed E-state index contributed by atoms with van der Waals surface area (Å²) >= 11 is 0. The van der Waals surface area contributed by atoms with Crippen LogP contribution in [0.25, 0.3) is 0 Å². The van der Waals surface area contributed by atoms with Crippen molar-refractivity contribution in [3.8, 4) is 0 Å². The molecule has 0 saturated carbocycles. The van der Waals surface area contributed by atoms with Crippen molar-refractivity contribution in [2.45, 2.75) is 13.5 Å². The third-order valence-electron chi connectivity index (χ3n) is 2.80. The first-order valence-electron chi connectivity index (χ1n) is 6.71. The highest BCUT2D eigenvalue weighted by Gasteiger charge is 2.12. The molecule has 0 aliphatic rings. The molecule has 0 bridgehead atoms. The highest BCUT2D eigenvalue weighted by Crippen LogP contribution is 2.18. The average Bonchev–Trinajstić information content (AvgIpc) is 2.47. The summed E-state index contributed by atoms with van der Waals surface area (Å²) in [5.74, 6) is -0.219. The summed E-state index contributed by atoms with van der Waals surface area (Å²) in [6.45, 7) is 1.98. The first-order chi connectivity index (χ1) is 10.3. The summed E-state index contributed by atoms with van der Waals surface area (Å²) in [5, 5.41) is 0. The van der Waals surface area contributed by atoms with E-state index in [9.17, 15) is 9.00 Å². The van der Waals surface area contributed by atoms with Gasteiger partial charge in [0, 0.05) is 22.2 Å². The number of carbonyl (C=O) groups excluding carboxylic acids is 1. The Kier molecular flexibility index (Phi) is 4.92. The Hall–Kier alpha value is -2.21. The van der Waals surface area contributed by atoms with Gasteiger partial charge in [-0.25, -0.2) is 14.0 Å². The van der Waals surface area contributed by atoms with Crippen LogP contribution in [-0.2, 0) is 21.1 Å². The Bertz CT molecular complexity index is 786. The normalized spacial score (nSPS) is 11.0. The van der Waals surface area contributed by atoms with Crippen LogP contribution in [0.3, 0.4) is 0 Å². The van der Waals surface area contributed by atoms with Crippen molar-refractivity contribution in [3.63, 3.8) is 0 Å². The quantitative estimate of drug-likeness (QED) is 0.812. The van der Waals surface area contributed by atoms with E-state index in [0.29, 0.717) is 5.82 Å². The van der Waals surface area contributed by atoms with Crippen LogP contribution in [0.2, 0.25) is 0 Å². The lowest BCUT2D eigenvalue weighted by molar-refractivity contribution is 0.0466. The third-order valence-corrected chi connectivity index (χ3v) is 3.41. The van der Waals surface area contributed by atoms with Crippen LogP contribution in [0.4, 0.5) is 5.82 Å². The number of carbonyl (C=O) groups is 1. The van der Waals surface area contributed by atoms with Crippen LogP contribution < -0.4 is 0 Å². The van der Waals surface area contributed by atoms with Crippen molar-refractivity contribution < 1.29 is 13.7 Å². The molecule has 0 amide bonds. The number of aromatic nitrogens is 1. The molecule has 0 atom stereocenters. The van der Waals surface area contributed by atoms with E-state index >= 15 is 0 Å². The van der Waals surface area contributed by atoms with Gasteiger partial charge in [-0.2, -0.15) is 4.36 Å². The van der Waals surface area contributed by atoms with Crippen LogP contribution in [0.5, 0.6) is 0 Å². The van der Waals surface area contributed by atoms with E-state index in [-0.39, 0.29) is 12.3 Å². The first-order valence-corrected chi connectivity index (χ1v) is 9.04. The number of aryl methyl sites for hydroxylation is 1. The molecule has 0 aliphatic heterocycles. The Morgan fingerprint density at radius 1 is 1.18 bits per heavy atom. The van der Waals surface area contributed by atoms with Gasteiger partial charge in [-0.05, 0) is 24.1 Å². The van der Waals surface area contributed by atoms with Gasteiger partial charge >= 0.3 is 5.97 Å². The van der Waals surface area contributed by atoms with Crippen molar-refractivity contribution in [1.29, 1.82) is 0 Å². The molecule has 0 unspecified atom stereocenters. The molecule has 22 heavy (non-hydrogen) atoms. The van der Waals surface area contributed by atoms with Gasteiger partial charge in [0.25, 0.3) is 0 Å². The zero-order chi connectivity index (χ0) is 16.2. The van der Waals surface area contributed by atoms with Gasteiger partial charge in [0.2, 0.25) is 0 Å². The van der Waals surface area contributed by atoms with Gasteiger partial charge in [-0.3, -0.25) is 0 Å². The van der Waals surface area contributed by atoms with E-state index in [1.807, 2.05) is 30.3 Å². The zero-order valence-electron chi connectivity index (χ0n) is 12.8. The Morgan fingerprint density at radius 2 is 1.86 bits per heavy atom. The summed E-state index contributed by atoms with van der Waals surface area (Å²) in [6.07, 6.45) is 3.04. The molecule has 1 aromatic carbocycles. The number of hydrogen-bond acceptors (Lipinski definition) is 5. The smallest absolute Gasteiger partial charge is 0.357 e. The molecule has 5 nitrogen and oxygen atoms in total. The van der Waals surface area contributed by atoms with E-state index in [4.69, 9.17) is 4.74 Å². The van der Waals surface area contributed by atoms with Crippen molar-refractivity contribution in [3.05, 3.63) is 59.3 Å². The first kappa shape index (κ1) is 16.2. The van der Waals surface area contributed by atoms with E-state index in [1.54, 1.807) is 19.1 Å². The molecule has 0 N–H and O–H groups in total. The van der Waals surface area contributed by atoms with Gasteiger partial charge in [0.05, 0.1) is 0 Å². The second kappa shape index (κ2) is 6.70. The van der Waals surface area contributed by atoms with E-state index < -0.39 is 15.7 Å². The molecule has 0 radical (unpaired) electrons. The van der Waals surface area contributed by atoms with Gasteiger partial charge in [-0.1, -0.05) is 36.4 Å². The van der Waals surface area contributed by atoms with E-state index in [1.165, 1.54) is 12.5 Å². The fourth-order valence-corrected chi connectivity index (χ4v) is 2.33. The predicted octanol–water partition coefficient (Wildman–Crippen LogP) is 3.11. The third kappa shape index (κ3) is 4.66. The lowest BCUT2D eigenvalue weighted by atomic mass is 10.2. The molecule has 0 aliphatic carbocycles. The Morgan fingerprint density at radius 3 is 2.50 bits per heavy atom. The maximum atomic E-state index is 12.0. The Labute approximate surface area is 130 Å². The largest absolute Gasteiger partial charge is 0.456 e. The maximum Gasteiger partial charge on any atom is 0.357 e. The molecule has 6 heteroatoms. The van der Waals surface area contributed by atoms with E-state index in [0.717, 1.165) is 11.1 Å². The number of pyridine rings is 1. The number of benzene rings is 1. The maximum absolute atomic E-state index is 12.0. The number of rotatable bonds is 4. The topological polar surface area (TPSA) is 68.6 Å². The molecule has 1 heterocycles. The second-order valence-electron chi connectivity index (χ2n) is 5.17. The molecule has 1 aromatic heterocycles. The van der Waals surface area contributed by atoms with Crippen molar-refractivity contribution in [2.75, 3.05) is 12.5 Å². The molecule has 0 fully saturated rings. The standard InChI is InChI=1S/C16H18N2O3S/c1-12-9-10-14(17-15(12)18-22(2,3)20)16(19)21-11-13-7-5-4-6-8-13/h4-10H,11H2,1-3H3. The fraction of sp³-hybridized carbons (Fsp3) is 0.250. The molecule has 116 valence electrons. The fourth-order valence-electron chi connectivity index (χ4n) is 1.73. The number of esters is 1. The van der Waals surface area contributed by atoms with Gasteiger partial charge in [-0.15, -0.1) is 0 Å². The minimum Gasteiger partial charge on any atom is -0.456 e. The van der Waals surface area contributed by atoms with Gasteiger partial charge in [0.1, 0.15) is 6.61 Å². The van der Waals surface area contributed by atoms with Crippen molar-refractivity contribution >= 4 is 21.5 Å². The number of ether oxygens (including phenoxy) is 1. The molecule has 0 spiro atoms. The minimum absolute atomic E-state index is 0.156. The molecular weight excluding hydrogens is 300 g/mol. The molecule has 0 saturated heterocycles. The number of nitrogens with zero attached hydrogens (tertiary/aromatic N) is 2. The van der Waals surface area contributed by atoms with Gasteiger partial charge < -0.3 is 4.74 Å². The molecule has 2 aromatic rings. The van der Waals surface area contributed by atoms with Crippen LogP contribution in [0.1, 0.15) is 21.6 Å². The monoisotopic (exact) mass is 318 g/mol. The van der Waals surface area contributed by atoms with Crippen molar-refractivity contribution in [2.24, 2.45) is 4.36 Å². The Balaban J connectivity index is 2.17. The predicted molar refractivity (Wildman–Crippen MR) is 86.6 cm³/mol. The van der Waals surface area contributed by atoms with Crippen LogP contribution in [0, 0.1) is 6.92 Å². The average molecular weight is 318 g/mol. The highest BCUT2D eigenvalue weighted by molar-refractivity contribution is 7.92. The molecule has 2 rings (SSSR count). The summed E-state index contributed by atoms with van der Waals surface area (Å²) in [7, 11) is -2.34. The summed E-state index contributed by atoms with van der Waals surface area (Å²) in [5.41, 5.74) is 1.82. The highest BCUT2D eigenvalue weighted by atomic mass is 32.2. The summed E-state index contributed by atoms with van der Waals surface area (Å²) in [4.78, 5) is 16.2. The zero-order valence-corrected chi connectivity index (χ0v) is 13.6. The van der Waals surface area contributed by atoms with Crippen LogP contribution in [0.15, 0.2) is 46.8 Å². The summed E-state index contributed by atoms with van der Waals surface area (Å²) in [6, 6.07) is 12.7. The lowest BCUT2D eigenvalue weighted by Crippen LogP contribution is -2.08. The SMILES string of the molecule is Cc1ccc(C(=O)OCc2ccccc2)nc1N=S(C)(C)=O. The second-order valence-corrected chi connectivity index (χ2v) is 7.72. The van der Waals surface area contributed by atoms with Gasteiger partial charge in [0.15, 0.2) is 11.5 Å². The number of hydrogen-bond donors (Lipinski definition) is 0. The lowest BCUT2D eigenvalue weighted by Gasteiger charge is -2.06. The van der Waals surface area contributed by atoms with E-state index in [2.05, 4.69) is 9.35 Å². The minimum atomic E-state index is -2.34.